The summed E-state index contributed by atoms with van der Waals surface area (Å²) in [5.74, 6) is 0.906. The van der Waals surface area contributed by atoms with Gasteiger partial charge in [-0.25, -0.2) is 0 Å². The Hall–Kier alpha value is -0.770. The van der Waals surface area contributed by atoms with Crippen molar-refractivity contribution in [2.45, 2.75) is 26.2 Å². The van der Waals surface area contributed by atoms with Crippen LogP contribution in [0.15, 0.2) is 0 Å². The first-order chi connectivity index (χ1) is 8.48. The van der Waals surface area contributed by atoms with Gasteiger partial charge in [0.05, 0.1) is 25.7 Å². The van der Waals surface area contributed by atoms with Crippen molar-refractivity contribution in [3.63, 3.8) is 0 Å². The number of nitrogens with two attached hydrogens (primary N) is 1. The van der Waals surface area contributed by atoms with E-state index in [2.05, 4.69) is 0 Å². The normalized spacial score (nSPS) is 17.4. The molecule has 1 fully saturated rings. The summed E-state index contributed by atoms with van der Waals surface area (Å²) in [6.07, 6.45) is 0. The van der Waals surface area contributed by atoms with Gasteiger partial charge < -0.3 is 15.2 Å². The fourth-order valence-electron chi connectivity index (χ4n) is 2.69. The highest BCUT2D eigenvalue weighted by molar-refractivity contribution is 6.32. The van der Waals surface area contributed by atoms with Crippen LogP contribution in [0.4, 0.5) is 0 Å². The molecule has 18 heavy (non-hydrogen) atoms. The van der Waals surface area contributed by atoms with Crippen LogP contribution in [0, 0.1) is 20.8 Å². The highest BCUT2D eigenvalue weighted by atomic mass is 35.5. The zero-order chi connectivity index (χ0) is 13.5. The van der Waals surface area contributed by atoms with Gasteiger partial charge in [0.2, 0.25) is 0 Å². The molecule has 0 radical (unpaired) electrons. The van der Waals surface area contributed by atoms with Gasteiger partial charge >= 0.3 is 0 Å². The Morgan fingerprint density at radius 3 is 2.22 bits per heavy atom. The van der Waals surface area contributed by atoms with Gasteiger partial charge in [0.1, 0.15) is 5.75 Å². The minimum atomic E-state index is -0.141. The molecule has 0 aromatic heterocycles. The van der Waals surface area contributed by atoms with Gasteiger partial charge in [0.25, 0.3) is 0 Å². The Morgan fingerprint density at radius 2 is 1.83 bits per heavy atom. The van der Waals surface area contributed by atoms with E-state index in [1.165, 1.54) is 0 Å². The number of ether oxygens (including phenoxy) is 2. The third-order valence-electron chi connectivity index (χ3n) is 4.05. The van der Waals surface area contributed by atoms with Crippen molar-refractivity contribution in [1.82, 2.24) is 0 Å². The number of benzene rings is 1. The quantitative estimate of drug-likeness (QED) is 0.917. The summed E-state index contributed by atoms with van der Waals surface area (Å²) in [6, 6.07) is 0. The Morgan fingerprint density at radius 1 is 1.22 bits per heavy atom. The van der Waals surface area contributed by atoms with Crippen LogP contribution in [0.3, 0.4) is 0 Å². The molecule has 0 saturated carbocycles. The van der Waals surface area contributed by atoms with Crippen LogP contribution >= 0.6 is 11.6 Å². The number of methoxy groups -OCH3 is 1. The van der Waals surface area contributed by atoms with E-state index >= 15 is 0 Å². The summed E-state index contributed by atoms with van der Waals surface area (Å²) in [5.41, 5.74) is 10.1. The van der Waals surface area contributed by atoms with Crippen molar-refractivity contribution in [2.75, 3.05) is 26.9 Å². The molecule has 1 saturated heterocycles. The van der Waals surface area contributed by atoms with Crippen LogP contribution in [0.5, 0.6) is 5.75 Å². The van der Waals surface area contributed by atoms with Gasteiger partial charge in [-0.05, 0) is 37.5 Å². The lowest BCUT2D eigenvalue weighted by Crippen LogP contribution is -2.52. The minimum absolute atomic E-state index is 0.141. The Bertz CT molecular complexity index is 476. The monoisotopic (exact) mass is 269 g/mol. The van der Waals surface area contributed by atoms with Crippen LogP contribution < -0.4 is 10.5 Å². The molecule has 1 aromatic rings. The lowest BCUT2D eigenvalue weighted by Gasteiger charge is -2.43. The molecule has 2 N–H and O–H groups in total. The summed E-state index contributed by atoms with van der Waals surface area (Å²) >= 11 is 6.42. The highest BCUT2D eigenvalue weighted by Crippen LogP contribution is 2.45. The first-order valence-electron chi connectivity index (χ1n) is 6.10. The van der Waals surface area contributed by atoms with Crippen LogP contribution in [0.25, 0.3) is 0 Å². The molecule has 100 valence electrons. The van der Waals surface area contributed by atoms with Crippen molar-refractivity contribution in [2.24, 2.45) is 5.73 Å². The maximum absolute atomic E-state index is 6.42. The third-order valence-corrected chi connectivity index (χ3v) is 4.61. The average molecular weight is 270 g/mol. The molecule has 0 aliphatic carbocycles. The summed E-state index contributed by atoms with van der Waals surface area (Å²) in [4.78, 5) is 0. The van der Waals surface area contributed by atoms with Crippen LogP contribution in [-0.4, -0.2) is 26.9 Å². The van der Waals surface area contributed by atoms with E-state index in [1.54, 1.807) is 7.11 Å². The largest absolute Gasteiger partial charge is 0.496 e. The van der Waals surface area contributed by atoms with Crippen LogP contribution in [0.2, 0.25) is 5.02 Å². The second-order valence-electron chi connectivity index (χ2n) is 5.07. The van der Waals surface area contributed by atoms with E-state index in [4.69, 9.17) is 26.8 Å². The zero-order valence-electron chi connectivity index (χ0n) is 11.4. The lowest BCUT2D eigenvalue weighted by molar-refractivity contribution is -0.0562. The SMILES string of the molecule is COc1c(C)c(C)c(Cl)c(C)c1C1(CN)COC1. The first kappa shape index (κ1) is 13.7. The van der Waals surface area contributed by atoms with Crippen molar-refractivity contribution in [3.05, 3.63) is 27.3 Å². The maximum atomic E-state index is 6.42. The summed E-state index contributed by atoms with van der Waals surface area (Å²) in [7, 11) is 1.70. The number of hydrogen-bond acceptors (Lipinski definition) is 3. The fourth-order valence-corrected chi connectivity index (χ4v) is 2.93. The molecule has 0 atom stereocenters. The van der Waals surface area contributed by atoms with E-state index in [0.29, 0.717) is 19.8 Å². The molecule has 1 aliphatic heterocycles. The molecule has 1 aliphatic rings. The summed E-state index contributed by atoms with van der Waals surface area (Å²) < 4.78 is 11.0. The molecule has 1 heterocycles. The standard InChI is InChI=1S/C14H20ClNO2/c1-8-9(2)13(17-4)11(10(3)12(8)15)14(5-16)6-18-7-14/h5-7,16H2,1-4H3. The second-order valence-corrected chi connectivity index (χ2v) is 5.45. The van der Waals surface area contributed by atoms with Gasteiger partial charge in [-0.3, -0.25) is 0 Å². The first-order valence-corrected chi connectivity index (χ1v) is 6.48. The highest BCUT2D eigenvalue weighted by Gasteiger charge is 2.43. The number of rotatable bonds is 3. The molecular weight excluding hydrogens is 250 g/mol. The molecule has 4 heteroatoms. The molecule has 2 rings (SSSR count). The second kappa shape index (κ2) is 4.72. The molecule has 0 unspecified atom stereocenters. The van der Waals surface area contributed by atoms with E-state index in [9.17, 15) is 0 Å². The fraction of sp³-hybridized carbons (Fsp3) is 0.571. The number of hydrogen-bond donors (Lipinski definition) is 1. The van der Waals surface area contributed by atoms with E-state index < -0.39 is 0 Å². The molecule has 0 spiro atoms. The van der Waals surface area contributed by atoms with Crippen molar-refractivity contribution in [3.8, 4) is 5.75 Å². The predicted octanol–water partition coefficient (Wildman–Crippen LogP) is 2.50. The molecule has 3 nitrogen and oxygen atoms in total. The Kier molecular flexibility index (Phi) is 3.58. The lowest BCUT2D eigenvalue weighted by atomic mass is 9.75. The Balaban J connectivity index is 2.73. The minimum Gasteiger partial charge on any atom is -0.496 e. The van der Waals surface area contributed by atoms with Crippen molar-refractivity contribution >= 4 is 11.6 Å². The topological polar surface area (TPSA) is 44.5 Å². The summed E-state index contributed by atoms with van der Waals surface area (Å²) in [5, 5.41) is 0.808. The van der Waals surface area contributed by atoms with Gasteiger partial charge in [0.15, 0.2) is 0 Å². The number of halogens is 1. The van der Waals surface area contributed by atoms with Gasteiger partial charge in [-0.2, -0.15) is 0 Å². The molecule has 1 aromatic carbocycles. The van der Waals surface area contributed by atoms with Crippen LogP contribution in [0.1, 0.15) is 22.3 Å². The molecule has 0 amide bonds. The van der Waals surface area contributed by atoms with E-state index in [0.717, 1.165) is 33.0 Å². The van der Waals surface area contributed by atoms with Gasteiger partial charge in [-0.1, -0.05) is 11.6 Å². The summed E-state index contributed by atoms with van der Waals surface area (Å²) in [6.45, 7) is 7.90. The van der Waals surface area contributed by atoms with E-state index in [1.807, 2.05) is 20.8 Å². The Labute approximate surface area is 113 Å². The zero-order valence-corrected chi connectivity index (χ0v) is 12.1. The van der Waals surface area contributed by atoms with Crippen molar-refractivity contribution < 1.29 is 9.47 Å². The van der Waals surface area contributed by atoms with Gasteiger partial charge in [-0.15, -0.1) is 0 Å². The molecular formula is C14H20ClNO2. The van der Waals surface area contributed by atoms with Crippen LogP contribution in [-0.2, 0) is 10.2 Å². The molecule has 0 bridgehead atoms. The smallest absolute Gasteiger partial charge is 0.126 e. The maximum Gasteiger partial charge on any atom is 0.126 e. The third kappa shape index (κ3) is 1.73. The predicted molar refractivity (Wildman–Crippen MR) is 73.8 cm³/mol. The van der Waals surface area contributed by atoms with Crippen molar-refractivity contribution in [1.29, 1.82) is 0 Å². The van der Waals surface area contributed by atoms with E-state index in [-0.39, 0.29) is 5.41 Å². The van der Waals surface area contributed by atoms with Gasteiger partial charge in [0, 0.05) is 17.1 Å². The average Bonchev–Trinajstić information content (AvgIpc) is 2.32.